The van der Waals surface area contributed by atoms with Gasteiger partial charge in [-0.15, -0.1) is 0 Å². The molecule has 0 saturated carbocycles. The van der Waals surface area contributed by atoms with Crippen LogP contribution in [0, 0.1) is 0 Å². The summed E-state index contributed by atoms with van der Waals surface area (Å²) < 4.78 is 24.4. The summed E-state index contributed by atoms with van der Waals surface area (Å²) in [6.45, 7) is 0.607. The van der Waals surface area contributed by atoms with Crippen LogP contribution in [0.25, 0.3) is 0 Å². The van der Waals surface area contributed by atoms with Gasteiger partial charge in [0.2, 0.25) is 10.0 Å². The minimum Gasteiger partial charge on any atom is -0.270 e. The highest BCUT2D eigenvalue weighted by molar-refractivity contribution is 7.92. The summed E-state index contributed by atoms with van der Waals surface area (Å²) in [5.41, 5.74) is 1.98. The molecular weight excluding hydrogens is 198 g/mol. The quantitative estimate of drug-likeness (QED) is 0.704. The second-order valence-electron chi connectivity index (χ2n) is 3.57. The van der Waals surface area contributed by atoms with Crippen molar-refractivity contribution in [2.75, 3.05) is 17.1 Å². The normalized spacial score (nSPS) is 16.5. The Kier molecular flexibility index (Phi) is 2.23. The molecule has 14 heavy (non-hydrogen) atoms. The lowest BCUT2D eigenvalue weighted by molar-refractivity contribution is 0.592. The van der Waals surface area contributed by atoms with Gasteiger partial charge in [0.1, 0.15) is 0 Å². The zero-order chi connectivity index (χ0) is 10.2. The van der Waals surface area contributed by atoms with Gasteiger partial charge in [0.15, 0.2) is 0 Å². The van der Waals surface area contributed by atoms with E-state index in [0.29, 0.717) is 6.54 Å². The Bertz CT molecular complexity index is 439. The number of rotatable bonds is 1. The molecule has 0 aromatic heterocycles. The van der Waals surface area contributed by atoms with Crippen LogP contribution in [0.1, 0.15) is 12.0 Å². The number of nitrogens with zero attached hydrogens (tertiary/aromatic N) is 1. The van der Waals surface area contributed by atoms with Gasteiger partial charge in [-0.05, 0) is 24.5 Å². The second kappa shape index (κ2) is 3.28. The Morgan fingerprint density at radius 1 is 1.29 bits per heavy atom. The number of hydrogen-bond acceptors (Lipinski definition) is 2. The topological polar surface area (TPSA) is 37.4 Å². The van der Waals surface area contributed by atoms with E-state index >= 15 is 0 Å². The monoisotopic (exact) mass is 211 g/mol. The molecule has 1 aromatic rings. The molecule has 4 heteroatoms. The van der Waals surface area contributed by atoms with Gasteiger partial charge >= 0.3 is 0 Å². The van der Waals surface area contributed by atoms with Gasteiger partial charge in [0, 0.05) is 6.54 Å². The number of benzene rings is 1. The van der Waals surface area contributed by atoms with Gasteiger partial charge in [-0.25, -0.2) is 8.42 Å². The summed E-state index contributed by atoms with van der Waals surface area (Å²) in [4.78, 5) is 0. The van der Waals surface area contributed by atoms with Crippen molar-refractivity contribution in [2.24, 2.45) is 0 Å². The number of hydrogen-bond donors (Lipinski definition) is 0. The molecule has 1 aromatic carbocycles. The van der Waals surface area contributed by atoms with Crippen LogP contribution in [0.4, 0.5) is 5.69 Å². The van der Waals surface area contributed by atoms with E-state index < -0.39 is 10.0 Å². The lowest BCUT2D eigenvalue weighted by Gasteiger charge is -2.28. The molecule has 0 aliphatic carbocycles. The molecule has 0 bridgehead atoms. The van der Waals surface area contributed by atoms with Crippen molar-refractivity contribution >= 4 is 15.7 Å². The van der Waals surface area contributed by atoms with Crippen molar-refractivity contribution in [2.45, 2.75) is 12.8 Å². The van der Waals surface area contributed by atoms with Gasteiger partial charge < -0.3 is 0 Å². The standard InChI is InChI=1S/C10H13NO2S/c1-14(12,13)11-8-4-6-9-5-2-3-7-10(9)11/h2-3,5,7H,4,6,8H2,1H3. The fourth-order valence-corrected chi connectivity index (χ4v) is 2.84. The maximum Gasteiger partial charge on any atom is 0.232 e. The van der Waals surface area contributed by atoms with Gasteiger partial charge in [-0.2, -0.15) is 0 Å². The van der Waals surface area contributed by atoms with E-state index in [-0.39, 0.29) is 0 Å². The van der Waals surface area contributed by atoms with E-state index in [0.717, 1.165) is 24.1 Å². The molecule has 1 aliphatic heterocycles. The molecule has 0 atom stereocenters. The van der Waals surface area contributed by atoms with Crippen molar-refractivity contribution in [1.82, 2.24) is 0 Å². The van der Waals surface area contributed by atoms with Crippen LogP contribution >= 0.6 is 0 Å². The molecule has 0 saturated heterocycles. The molecule has 1 heterocycles. The van der Waals surface area contributed by atoms with E-state index in [9.17, 15) is 8.42 Å². The number of fused-ring (bicyclic) bond motifs is 1. The van der Waals surface area contributed by atoms with Crippen LogP contribution in [0.3, 0.4) is 0 Å². The fourth-order valence-electron chi connectivity index (χ4n) is 1.84. The van der Waals surface area contributed by atoms with Crippen LogP contribution in [-0.2, 0) is 16.4 Å². The maximum atomic E-state index is 11.5. The first kappa shape index (κ1) is 9.52. The summed E-state index contributed by atoms with van der Waals surface area (Å²) in [6, 6.07) is 7.69. The maximum absolute atomic E-state index is 11.5. The van der Waals surface area contributed by atoms with Crippen molar-refractivity contribution in [3.05, 3.63) is 29.8 Å². The summed E-state index contributed by atoms with van der Waals surface area (Å²) in [7, 11) is -3.11. The molecule has 0 fully saturated rings. The Hall–Kier alpha value is -1.03. The molecule has 0 spiro atoms. The third kappa shape index (κ3) is 1.62. The predicted octanol–water partition coefficient (Wildman–Crippen LogP) is 1.40. The molecule has 0 N–H and O–H groups in total. The third-order valence-corrected chi connectivity index (χ3v) is 3.65. The second-order valence-corrected chi connectivity index (χ2v) is 5.47. The lowest BCUT2D eigenvalue weighted by atomic mass is 10.0. The Labute approximate surface area is 84.4 Å². The molecule has 3 nitrogen and oxygen atoms in total. The average molecular weight is 211 g/mol. The van der Waals surface area contributed by atoms with Crippen LogP contribution in [0.2, 0.25) is 0 Å². The van der Waals surface area contributed by atoms with Crippen molar-refractivity contribution in [3.8, 4) is 0 Å². The van der Waals surface area contributed by atoms with Crippen LogP contribution in [0.15, 0.2) is 24.3 Å². The summed E-state index contributed by atoms with van der Waals surface area (Å²) in [5.74, 6) is 0. The molecule has 0 unspecified atom stereocenters. The Morgan fingerprint density at radius 3 is 2.71 bits per heavy atom. The van der Waals surface area contributed by atoms with E-state index in [1.165, 1.54) is 10.6 Å². The highest BCUT2D eigenvalue weighted by Gasteiger charge is 2.22. The fraction of sp³-hybridized carbons (Fsp3) is 0.400. The zero-order valence-electron chi connectivity index (χ0n) is 8.10. The van der Waals surface area contributed by atoms with E-state index in [4.69, 9.17) is 0 Å². The van der Waals surface area contributed by atoms with Crippen LogP contribution < -0.4 is 4.31 Å². The van der Waals surface area contributed by atoms with Crippen LogP contribution in [-0.4, -0.2) is 21.2 Å². The van der Waals surface area contributed by atoms with Gasteiger partial charge in [-0.3, -0.25) is 4.31 Å². The first-order valence-electron chi connectivity index (χ1n) is 4.64. The Balaban J connectivity index is 2.51. The average Bonchev–Trinajstić information content (AvgIpc) is 2.15. The Morgan fingerprint density at radius 2 is 2.00 bits per heavy atom. The van der Waals surface area contributed by atoms with Crippen molar-refractivity contribution < 1.29 is 8.42 Å². The minimum absolute atomic E-state index is 0.607. The SMILES string of the molecule is CS(=O)(=O)N1CCCc2ccccc21. The van der Waals surface area contributed by atoms with Crippen molar-refractivity contribution in [3.63, 3.8) is 0 Å². The largest absolute Gasteiger partial charge is 0.270 e. The highest BCUT2D eigenvalue weighted by atomic mass is 32.2. The van der Waals surface area contributed by atoms with Gasteiger partial charge in [0.25, 0.3) is 0 Å². The number of para-hydroxylation sites is 1. The number of anilines is 1. The van der Waals surface area contributed by atoms with E-state index in [1.54, 1.807) is 0 Å². The first-order valence-corrected chi connectivity index (χ1v) is 6.49. The molecule has 2 rings (SSSR count). The molecule has 0 amide bonds. The smallest absolute Gasteiger partial charge is 0.232 e. The number of sulfonamides is 1. The van der Waals surface area contributed by atoms with Gasteiger partial charge in [0.05, 0.1) is 11.9 Å². The molecular formula is C10H13NO2S. The molecule has 0 radical (unpaired) electrons. The van der Waals surface area contributed by atoms with Crippen molar-refractivity contribution in [1.29, 1.82) is 0 Å². The summed E-state index contributed by atoms with van der Waals surface area (Å²) in [6.07, 6.45) is 3.14. The first-order chi connectivity index (χ1) is 6.59. The van der Waals surface area contributed by atoms with Crippen LogP contribution in [0.5, 0.6) is 0 Å². The predicted molar refractivity (Wildman–Crippen MR) is 57.0 cm³/mol. The summed E-state index contributed by atoms with van der Waals surface area (Å²) >= 11 is 0. The molecule has 1 aliphatic rings. The lowest BCUT2D eigenvalue weighted by Crippen LogP contribution is -2.34. The highest BCUT2D eigenvalue weighted by Crippen LogP contribution is 2.28. The van der Waals surface area contributed by atoms with E-state index in [1.807, 2.05) is 24.3 Å². The van der Waals surface area contributed by atoms with E-state index in [2.05, 4.69) is 0 Å². The summed E-state index contributed by atoms with van der Waals surface area (Å²) in [5, 5.41) is 0. The minimum atomic E-state index is -3.11. The van der Waals surface area contributed by atoms with Gasteiger partial charge in [-0.1, -0.05) is 18.2 Å². The third-order valence-electron chi connectivity index (χ3n) is 2.47. The zero-order valence-corrected chi connectivity index (χ0v) is 8.92. The number of aryl methyl sites for hydroxylation is 1. The molecule has 76 valence electrons.